The molecule has 1 N–H and O–H groups in total. The van der Waals surface area contributed by atoms with Gasteiger partial charge in [-0.15, -0.1) is 6.42 Å². The average molecular weight is 321 g/mol. The van der Waals surface area contributed by atoms with Gasteiger partial charge in [-0.2, -0.15) is 4.31 Å². The zero-order valence-electron chi connectivity index (χ0n) is 11.9. The quantitative estimate of drug-likeness (QED) is 0.866. The highest BCUT2D eigenvalue weighted by Gasteiger charge is 2.31. The Kier molecular flexibility index (Phi) is 3.91. The number of H-pyrrole nitrogens is 1. The Morgan fingerprint density at radius 3 is 2.68 bits per heavy atom. The average Bonchev–Trinajstić information content (AvgIpc) is 2.94. The van der Waals surface area contributed by atoms with Gasteiger partial charge in [0.05, 0.1) is 11.9 Å². The van der Waals surface area contributed by atoms with Gasteiger partial charge < -0.3 is 4.98 Å². The molecule has 0 unspecified atom stereocenters. The maximum atomic E-state index is 14.0. The van der Waals surface area contributed by atoms with E-state index in [0.717, 1.165) is 0 Å². The monoisotopic (exact) mass is 321 g/mol. The van der Waals surface area contributed by atoms with Gasteiger partial charge in [0.15, 0.2) is 0 Å². The molecule has 116 valence electrons. The largest absolute Gasteiger partial charge is 0.360 e. The van der Waals surface area contributed by atoms with Crippen LogP contribution < -0.4 is 0 Å². The molecule has 2 aromatic rings. The van der Waals surface area contributed by atoms with Gasteiger partial charge in [-0.05, 0) is 12.1 Å². The van der Waals surface area contributed by atoms with Crippen molar-refractivity contribution >= 4 is 20.9 Å². The predicted molar refractivity (Wildman–Crippen MR) is 82.3 cm³/mol. The van der Waals surface area contributed by atoms with Gasteiger partial charge >= 0.3 is 0 Å². The molecule has 0 aliphatic carbocycles. The molecule has 22 heavy (non-hydrogen) atoms. The Bertz CT molecular complexity index is 830. The normalized spacial score (nSPS) is 17.6. The lowest BCUT2D eigenvalue weighted by atomic mass is 10.2. The molecule has 0 bridgehead atoms. The number of aromatic amines is 1. The van der Waals surface area contributed by atoms with Crippen molar-refractivity contribution in [2.45, 2.75) is 4.90 Å². The Morgan fingerprint density at radius 2 is 2.00 bits per heavy atom. The summed E-state index contributed by atoms with van der Waals surface area (Å²) in [6.45, 7) is 2.37. The van der Waals surface area contributed by atoms with Crippen LogP contribution in [-0.2, 0) is 10.0 Å². The predicted octanol–water partition coefficient (Wildman–Crippen LogP) is 1.25. The molecular weight excluding hydrogens is 305 g/mol. The van der Waals surface area contributed by atoms with Gasteiger partial charge in [0.2, 0.25) is 10.0 Å². The SMILES string of the molecule is C#CCN1CCN(S(=O)(=O)c2c[nH]c3cccc(F)c23)CC1. The van der Waals surface area contributed by atoms with Gasteiger partial charge in [0, 0.05) is 37.9 Å². The van der Waals surface area contributed by atoms with E-state index in [9.17, 15) is 12.8 Å². The summed E-state index contributed by atoms with van der Waals surface area (Å²) in [5.74, 6) is 2.01. The van der Waals surface area contributed by atoms with Crippen LogP contribution in [0.4, 0.5) is 4.39 Å². The molecule has 0 amide bonds. The summed E-state index contributed by atoms with van der Waals surface area (Å²) in [7, 11) is -3.72. The van der Waals surface area contributed by atoms with Crippen LogP contribution in [0.25, 0.3) is 10.9 Å². The number of aromatic nitrogens is 1. The minimum atomic E-state index is -3.72. The molecule has 1 fully saturated rings. The van der Waals surface area contributed by atoms with Crippen LogP contribution >= 0.6 is 0 Å². The minimum Gasteiger partial charge on any atom is -0.360 e. The lowest BCUT2D eigenvalue weighted by Gasteiger charge is -2.32. The number of rotatable bonds is 3. The highest BCUT2D eigenvalue weighted by molar-refractivity contribution is 7.89. The van der Waals surface area contributed by atoms with E-state index >= 15 is 0 Å². The standard InChI is InChI=1S/C15H16FN3O2S/c1-2-6-18-7-9-19(10-8-18)22(20,21)14-11-17-13-5-3-4-12(16)15(13)14/h1,3-5,11,17H,6-10H2. The number of halogens is 1. The van der Waals surface area contributed by atoms with Gasteiger partial charge in [-0.3, -0.25) is 4.90 Å². The van der Waals surface area contributed by atoms with Crippen molar-refractivity contribution in [1.82, 2.24) is 14.2 Å². The summed E-state index contributed by atoms with van der Waals surface area (Å²) in [6.07, 6.45) is 6.62. The number of fused-ring (bicyclic) bond motifs is 1. The van der Waals surface area contributed by atoms with Crippen LogP contribution in [0.2, 0.25) is 0 Å². The van der Waals surface area contributed by atoms with Crippen LogP contribution in [0.15, 0.2) is 29.3 Å². The molecule has 0 spiro atoms. The fourth-order valence-corrected chi connectivity index (χ4v) is 4.31. The van der Waals surface area contributed by atoms with Crippen molar-refractivity contribution in [1.29, 1.82) is 0 Å². The number of nitrogens with zero attached hydrogens (tertiary/aromatic N) is 2. The van der Waals surface area contributed by atoms with Crippen molar-refractivity contribution in [3.05, 3.63) is 30.2 Å². The smallest absolute Gasteiger partial charge is 0.245 e. The second-order valence-electron chi connectivity index (χ2n) is 5.20. The second-order valence-corrected chi connectivity index (χ2v) is 7.11. The molecule has 5 nitrogen and oxygen atoms in total. The molecule has 2 heterocycles. The lowest BCUT2D eigenvalue weighted by Crippen LogP contribution is -2.48. The van der Waals surface area contributed by atoms with E-state index in [1.54, 1.807) is 12.1 Å². The summed E-state index contributed by atoms with van der Waals surface area (Å²) in [6, 6.07) is 4.46. The third-order valence-corrected chi connectivity index (χ3v) is 5.81. The van der Waals surface area contributed by atoms with E-state index < -0.39 is 15.8 Å². The fourth-order valence-electron chi connectivity index (χ4n) is 2.71. The maximum Gasteiger partial charge on any atom is 0.245 e. The molecule has 0 atom stereocenters. The summed E-state index contributed by atoms with van der Waals surface area (Å²) in [5, 5.41) is 0.119. The Morgan fingerprint density at radius 1 is 1.27 bits per heavy atom. The van der Waals surface area contributed by atoms with Crippen molar-refractivity contribution in [2.75, 3.05) is 32.7 Å². The van der Waals surface area contributed by atoms with Gasteiger partial charge in [-0.1, -0.05) is 12.0 Å². The maximum absolute atomic E-state index is 14.0. The number of benzene rings is 1. The number of piperazine rings is 1. The van der Waals surface area contributed by atoms with Gasteiger partial charge in [-0.25, -0.2) is 12.8 Å². The van der Waals surface area contributed by atoms with Crippen LogP contribution in [0.3, 0.4) is 0 Å². The van der Waals surface area contributed by atoms with Gasteiger partial charge in [0.25, 0.3) is 0 Å². The van der Waals surface area contributed by atoms with Crippen molar-refractivity contribution in [3.63, 3.8) is 0 Å². The van der Waals surface area contributed by atoms with Crippen LogP contribution in [0.5, 0.6) is 0 Å². The summed E-state index contributed by atoms with van der Waals surface area (Å²) in [5.41, 5.74) is 0.476. The molecule has 0 radical (unpaired) electrons. The number of hydrogen-bond acceptors (Lipinski definition) is 3. The summed E-state index contributed by atoms with van der Waals surface area (Å²) >= 11 is 0. The lowest BCUT2D eigenvalue weighted by molar-refractivity contribution is 0.207. The first-order chi connectivity index (χ1) is 10.5. The second kappa shape index (κ2) is 5.72. The van der Waals surface area contributed by atoms with Crippen molar-refractivity contribution in [2.24, 2.45) is 0 Å². The zero-order valence-corrected chi connectivity index (χ0v) is 12.7. The summed E-state index contributed by atoms with van der Waals surface area (Å²) in [4.78, 5) is 4.83. The first-order valence-corrected chi connectivity index (χ1v) is 8.39. The first kappa shape index (κ1) is 15.0. The molecular formula is C15H16FN3O2S. The van der Waals surface area contributed by atoms with E-state index in [1.807, 2.05) is 4.90 Å². The highest BCUT2D eigenvalue weighted by Crippen LogP contribution is 2.28. The minimum absolute atomic E-state index is 0.00833. The molecule has 0 saturated carbocycles. The number of hydrogen-bond donors (Lipinski definition) is 1. The Balaban J connectivity index is 1.92. The van der Waals surface area contributed by atoms with Crippen LogP contribution in [0.1, 0.15) is 0 Å². The van der Waals surface area contributed by atoms with Crippen LogP contribution in [-0.4, -0.2) is 55.3 Å². The highest BCUT2D eigenvalue weighted by atomic mass is 32.2. The number of sulfonamides is 1. The third kappa shape index (κ3) is 2.50. The molecule has 1 aromatic carbocycles. The third-order valence-electron chi connectivity index (χ3n) is 3.88. The topological polar surface area (TPSA) is 56.4 Å². The molecule has 1 aromatic heterocycles. The number of nitrogens with one attached hydrogen (secondary N) is 1. The van der Waals surface area contributed by atoms with Crippen molar-refractivity contribution in [3.8, 4) is 12.3 Å². The van der Waals surface area contributed by atoms with E-state index in [1.165, 1.54) is 16.6 Å². The van der Waals surface area contributed by atoms with Gasteiger partial charge in [0.1, 0.15) is 10.7 Å². The van der Waals surface area contributed by atoms with Crippen LogP contribution in [0, 0.1) is 18.2 Å². The van der Waals surface area contributed by atoms with E-state index in [0.29, 0.717) is 38.2 Å². The fraction of sp³-hybridized carbons (Fsp3) is 0.333. The van der Waals surface area contributed by atoms with E-state index in [4.69, 9.17) is 6.42 Å². The molecule has 7 heteroatoms. The molecule has 1 aliphatic heterocycles. The molecule has 3 rings (SSSR count). The molecule has 1 saturated heterocycles. The Hall–Kier alpha value is -1.88. The molecule has 1 aliphatic rings. The first-order valence-electron chi connectivity index (χ1n) is 6.95. The zero-order chi connectivity index (χ0) is 15.7. The Labute approximate surface area is 128 Å². The van der Waals surface area contributed by atoms with E-state index in [2.05, 4.69) is 10.9 Å². The van der Waals surface area contributed by atoms with E-state index in [-0.39, 0.29) is 10.3 Å². The number of terminal acetylenes is 1. The van der Waals surface area contributed by atoms with Crippen molar-refractivity contribution < 1.29 is 12.8 Å². The summed E-state index contributed by atoms with van der Waals surface area (Å²) < 4.78 is 40.9.